The number of hydrazone groups is 1. The third-order valence-electron chi connectivity index (χ3n) is 4.37. The Labute approximate surface area is 165 Å². The van der Waals surface area contributed by atoms with E-state index in [0.29, 0.717) is 5.13 Å². The second-order valence-corrected chi connectivity index (χ2v) is 7.09. The van der Waals surface area contributed by atoms with Crippen molar-refractivity contribution >= 4 is 28.4 Å². The summed E-state index contributed by atoms with van der Waals surface area (Å²) in [7, 11) is 0. The number of nitrogens with one attached hydrogen (secondary N) is 1. The highest BCUT2D eigenvalue weighted by Crippen LogP contribution is 2.38. The van der Waals surface area contributed by atoms with Gasteiger partial charge < -0.3 is 0 Å². The van der Waals surface area contributed by atoms with Crippen LogP contribution in [-0.4, -0.2) is 16.1 Å². The van der Waals surface area contributed by atoms with Crippen molar-refractivity contribution in [1.82, 2.24) is 4.98 Å². The number of nitro benzene ring substituents is 1. The maximum absolute atomic E-state index is 10.7. The van der Waals surface area contributed by atoms with Gasteiger partial charge in [0.25, 0.3) is 5.69 Å². The largest absolute Gasteiger partial charge is 0.269 e. The minimum atomic E-state index is -0.425. The molecule has 0 spiro atoms. The maximum atomic E-state index is 10.7. The topological polar surface area (TPSA) is 80.4 Å². The number of nitrogens with zero attached hydrogens (tertiary/aromatic N) is 3. The lowest BCUT2D eigenvalue weighted by molar-refractivity contribution is -0.384. The third kappa shape index (κ3) is 3.60. The molecule has 2 aliphatic carbocycles. The standard InChI is InChI=1S/C21H16N4O2S/c1-14-11-19(18-6-4-2-3-5-17(14)18)20-13-28-21(23-20)24-22-12-15-7-9-16(10-8-15)25(26)27/h2-13H,1H3,(H,23,24)/b22-12+. The summed E-state index contributed by atoms with van der Waals surface area (Å²) < 4.78 is 0. The summed E-state index contributed by atoms with van der Waals surface area (Å²) in [6.07, 6.45) is 1.60. The molecule has 0 unspecified atom stereocenters. The molecule has 0 fully saturated rings. The predicted molar refractivity (Wildman–Crippen MR) is 113 cm³/mol. The van der Waals surface area contributed by atoms with E-state index < -0.39 is 4.92 Å². The molecular formula is C21H16N4O2S. The van der Waals surface area contributed by atoms with Crippen LogP contribution in [0.1, 0.15) is 11.1 Å². The Bertz CT molecular complexity index is 1140. The second kappa shape index (κ2) is 7.58. The molecule has 0 bridgehead atoms. The first kappa shape index (κ1) is 17.8. The molecular weight excluding hydrogens is 372 g/mol. The van der Waals surface area contributed by atoms with Gasteiger partial charge in [-0.15, -0.1) is 11.3 Å². The van der Waals surface area contributed by atoms with E-state index in [1.54, 1.807) is 18.3 Å². The van der Waals surface area contributed by atoms with Crippen LogP contribution >= 0.6 is 11.3 Å². The van der Waals surface area contributed by atoms with Gasteiger partial charge in [0, 0.05) is 23.1 Å². The van der Waals surface area contributed by atoms with Crippen LogP contribution in [-0.2, 0) is 0 Å². The lowest BCUT2D eigenvalue weighted by Crippen LogP contribution is -1.91. The lowest BCUT2D eigenvalue weighted by Gasteiger charge is -1.98. The normalized spacial score (nSPS) is 11.2. The highest BCUT2D eigenvalue weighted by atomic mass is 32.1. The molecule has 1 N–H and O–H groups in total. The van der Waals surface area contributed by atoms with Crippen molar-refractivity contribution < 1.29 is 4.92 Å². The third-order valence-corrected chi connectivity index (χ3v) is 5.12. The molecule has 2 aromatic rings. The number of non-ortho nitro benzene ring substituents is 1. The van der Waals surface area contributed by atoms with Crippen molar-refractivity contribution in [2.24, 2.45) is 5.10 Å². The Morgan fingerprint density at radius 1 is 1.07 bits per heavy atom. The summed E-state index contributed by atoms with van der Waals surface area (Å²) in [6, 6.07) is 18.7. The summed E-state index contributed by atoms with van der Waals surface area (Å²) in [4.78, 5) is 14.9. The van der Waals surface area contributed by atoms with Gasteiger partial charge in [0.05, 0.1) is 16.8 Å². The van der Waals surface area contributed by atoms with Crippen molar-refractivity contribution in [3.05, 3.63) is 87.3 Å². The predicted octanol–water partition coefficient (Wildman–Crippen LogP) is 5.58. The average molecular weight is 388 g/mol. The van der Waals surface area contributed by atoms with Crippen LogP contribution in [0.3, 0.4) is 0 Å². The van der Waals surface area contributed by atoms with Gasteiger partial charge in [0.2, 0.25) is 5.13 Å². The summed E-state index contributed by atoms with van der Waals surface area (Å²) in [5.41, 5.74) is 9.37. The summed E-state index contributed by atoms with van der Waals surface area (Å²) in [6.45, 7) is 2.10. The molecule has 0 atom stereocenters. The smallest absolute Gasteiger partial charge is 0.258 e. The van der Waals surface area contributed by atoms with E-state index in [0.717, 1.165) is 16.8 Å². The number of fused-ring (bicyclic) bond motifs is 1. The second-order valence-electron chi connectivity index (χ2n) is 6.24. The average Bonchev–Trinajstić information content (AvgIpc) is 3.18. The fraction of sp³-hybridized carbons (Fsp3) is 0.0476. The molecule has 138 valence electrons. The van der Waals surface area contributed by atoms with Crippen LogP contribution < -0.4 is 5.43 Å². The van der Waals surface area contributed by atoms with Gasteiger partial charge in [-0.1, -0.05) is 30.3 Å². The van der Waals surface area contributed by atoms with Gasteiger partial charge in [-0.25, -0.2) is 4.98 Å². The number of hydrogen-bond donors (Lipinski definition) is 1. The molecule has 0 aliphatic heterocycles. The van der Waals surface area contributed by atoms with Gasteiger partial charge in [-0.2, -0.15) is 5.10 Å². The van der Waals surface area contributed by atoms with Gasteiger partial charge in [0.1, 0.15) is 0 Å². The lowest BCUT2D eigenvalue weighted by atomic mass is 10.1. The first-order valence-electron chi connectivity index (χ1n) is 8.59. The molecule has 28 heavy (non-hydrogen) atoms. The van der Waals surface area contributed by atoms with E-state index in [1.165, 1.54) is 40.2 Å². The van der Waals surface area contributed by atoms with Crippen LogP contribution in [0.25, 0.3) is 22.4 Å². The minimum absolute atomic E-state index is 0.0558. The van der Waals surface area contributed by atoms with Crippen LogP contribution in [0.2, 0.25) is 0 Å². The summed E-state index contributed by atoms with van der Waals surface area (Å²) in [5.74, 6) is 0. The van der Waals surface area contributed by atoms with Gasteiger partial charge in [-0.3, -0.25) is 15.5 Å². The molecule has 1 aromatic heterocycles. The molecule has 7 heteroatoms. The van der Waals surface area contributed by atoms with Crippen LogP contribution in [0.5, 0.6) is 0 Å². The summed E-state index contributed by atoms with van der Waals surface area (Å²) >= 11 is 1.48. The van der Waals surface area contributed by atoms with Crippen molar-refractivity contribution in [3.8, 4) is 22.4 Å². The zero-order valence-corrected chi connectivity index (χ0v) is 15.8. The molecule has 0 saturated heterocycles. The van der Waals surface area contributed by atoms with E-state index in [4.69, 9.17) is 0 Å². The van der Waals surface area contributed by atoms with Crippen LogP contribution in [0, 0.1) is 17.0 Å². The number of anilines is 1. The van der Waals surface area contributed by atoms with Crippen molar-refractivity contribution in [1.29, 1.82) is 0 Å². The van der Waals surface area contributed by atoms with E-state index in [-0.39, 0.29) is 5.69 Å². The van der Waals surface area contributed by atoms with Gasteiger partial charge in [0.15, 0.2) is 0 Å². The maximum Gasteiger partial charge on any atom is 0.269 e. The van der Waals surface area contributed by atoms with Gasteiger partial charge in [-0.05, 0) is 47.4 Å². The Kier molecular flexibility index (Phi) is 4.82. The number of rotatable bonds is 5. The monoisotopic (exact) mass is 388 g/mol. The fourth-order valence-electron chi connectivity index (χ4n) is 3.00. The number of hydrogen-bond acceptors (Lipinski definition) is 6. The van der Waals surface area contributed by atoms with Crippen molar-refractivity contribution in [3.63, 3.8) is 0 Å². The molecule has 2 aliphatic rings. The first-order valence-corrected chi connectivity index (χ1v) is 9.47. The Morgan fingerprint density at radius 2 is 1.82 bits per heavy atom. The van der Waals surface area contributed by atoms with E-state index >= 15 is 0 Å². The molecule has 0 radical (unpaired) electrons. The molecule has 1 aromatic carbocycles. The number of aromatic nitrogens is 1. The molecule has 6 nitrogen and oxygen atoms in total. The molecule has 1 heterocycles. The highest BCUT2D eigenvalue weighted by Gasteiger charge is 2.15. The zero-order valence-electron chi connectivity index (χ0n) is 15.0. The molecule has 0 amide bonds. The number of benzene rings is 1. The van der Waals surface area contributed by atoms with E-state index in [9.17, 15) is 10.1 Å². The SMILES string of the molecule is Cc1cc(-c2csc(N/N=C/c3ccc([N+](=O)[O-])cc3)n2)c2cccccc1-2. The number of nitro groups is 1. The quantitative estimate of drug-likeness (QED) is 0.275. The number of thiazole rings is 1. The minimum Gasteiger partial charge on any atom is -0.258 e. The zero-order chi connectivity index (χ0) is 19.5. The number of aryl methyl sites for hydroxylation is 1. The van der Waals surface area contributed by atoms with Crippen LogP contribution in [0.4, 0.5) is 10.8 Å². The molecule has 4 rings (SSSR count). The molecule has 0 saturated carbocycles. The van der Waals surface area contributed by atoms with Crippen molar-refractivity contribution in [2.45, 2.75) is 6.92 Å². The van der Waals surface area contributed by atoms with E-state index in [2.05, 4.69) is 40.6 Å². The van der Waals surface area contributed by atoms with Crippen LogP contribution in [0.15, 0.2) is 71.1 Å². The highest BCUT2D eigenvalue weighted by molar-refractivity contribution is 7.14. The van der Waals surface area contributed by atoms with E-state index in [1.807, 2.05) is 23.6 Å². The summed E-state index contributed by atoms with van der Waals surface area (Å²) in [5, 5.41) is 17.5. The fourth-order valence-corrected chi connectivity index (χ4v) is 3.66. The Hall–Kier alpha value is -3.58. The Morgan fingerprint density at radius 3 is 2.57 bits per heavy atom. The van der Waals surface area contributed by atoms with Crippen molar-refractivity contribution in [2.75, 3.05) is 5.43 Å². The van der Waals surface area contributed by atoms with Gasteiger partial charge >= 0.3 is 0 Å². The Balaban J connectivity index is 1.51. The first-order chi connectivity index (χ1) is 13.6.